The molecule has 92 valence electrons. The number of alkyl halides is 1. The average Bonchev–Trinajstić information content (AvgIpc) is 2.34. The summed E-state index contributed by atoms with van der Waals surface area (Å²) < 4.78 is 5.36. The number of nitrogens with zero attached hydrogens (tertiary/aromatic N) is 2. The lowest BCUT2D eigenvalue weighted by Gasteiger charge is -2.26. The van der Waals surface area contributed by atoms with Gasteiger partial charge in [-0.05, 0) is 24.7 Å². The molecule has 0 unspecified atom stereocenters. The zero-order chi connectivity index (χ0) is 12.4. The number of carbonyl (C=O) groups is 1. The van der Waals surface area contributed by atoms with Crippen molar-refractivity contribution in [2.45, 2.75) is 6.54 Å². The summed E-state index contributed by atoms with van der Waals surface area (Å²) in [6.45, 7) is 0.864. The fraction of sp³-hybridized carbons (Fsp3) is 0.417. The van der Waals surface area contributed by atoms with Crippen LogP contribution in [-0.2, 0) is 11.3 Å². The van der Waals surface area contributed by atoms with Crippen molar-refractivity contribution in [3.05, 3.63) is 23.8 Å². The normalized spacial score (nSPS) is 14.8. The molecule has 1 aliphatic heterocycles. The van der Waals surface area contributed by atoms with Gasteiger partial charge in [0.2, 0.25) is 0 Å². The maximum Gasteiger partial charge on any atom is 0.264 e. The monoisotopic (exact) mass is 254 g/mol. The van der Waals surface area contributed by atoms with Crippen LogP contribution in [-0.4, -0.2) is 37.5 Å². The average molecular weight is 255 g/mol. The summed E-state index contributed by atoms with van der Waals surface area (Å²) in [4.78, 5) is 15.1. The standard InChI is InChI=1S/C12H15ClN2O2/c1-14(8-13)6-9-3-4-11-10(5-9)15(2)12(16)7-17-11/h3-5H,6-8H2,1-2H3. The maximum absolute atomic E-state index is 11.5. The predicted molar refractivity (Wildman–Crippen MR) is 67.5 cm³/mol. The Labute approximate surface area is 106 Å². The van der Waals surface area contributed by atoms with E-state index in [0.29, 0.717) is 6.00 Å². The molecule has 0 fully saturated rings. The smallest absolute Gasteiger partial charge is 0.264 e. The molecule has 5 heteroatoms. The van der Waals surface area contributed by atoms with E-state index in [1.165, 1.54) is 0 Å². The molecule has 4 nitrogen and oxygen atoms in total. The zero-order valence-corrected chi connectivity index (χ0v) is 10.7. The number of carbonyl (C=O) groups excluding carboxylic acids is 1. The molecule has 1 heterocycles. The van der Waals surface area contributed by atoms with E-state index in [1.807, 2.05) is 30.1 Å². The van der Waals surface area contributed by atoms with Crippen molar-refractivity contribution in [1.82, 2.24) is 4.90 Å². The number of amides is 1. The highest BCUT2D eigenvalue weighted by atomic mass is 35.5. The molecule has 1 aromatic rings. The van der Waals surface area contributed by atoms with Crippen LogP contribution >= 0.6 is 11.6 Å². The molecule has 0 atom stereocenters. The van der Waals surface area contributed by atoms with Gasteiger partial charge in [0.25, 0.3) is 5.91 Å². The van der Waals surface area contributed by atoms with E-state index in [1.54, 1.807) is 11.9 Å². The third kappa shape index (κ3) is 2.53. The molecule has 0 N–H and O–H groups in total. The Morgan fingerprint density at radius 3 is 3.00 bits per heavy atom. The summed E-state index contributed by atoms with van der Waals surface area (Å²) in [7, 11) is 3.70. The topological polar surface area (TPSA) is 32.8 Å². The number of anilines is 1. The first kappa shape index (κ1) is 12.2. The van der Waals surface area contributed by atoms with E-state index in [9.17, 15) is 4.79 Å². The third-order valence-corrected chi connectivity index (χ3v) is 3.17. The summed E-state index contributed by atoms with van der Waals surface area (Å²) in [5.41, 5.74) is 1.93. The number of hydrogen-bond donors (Lipinski definition) is 0. The molecule has 1 aromatic carbocycles. The van der Waals surface area contributed by atoms with Gasteiger partial charge in [0.1, 0.15) is 5.75 Å². The highest BCUT2D eigenvalue weighted by Gasteiger charge is 2.22. The van der Waals surface area contributed by atoms with Crippen molar-refractivity contribution in [1.29, 1.82) is 0 Å². The minimum Gasteiger partial charge on any atom is -0.482 e. The van der Waals surface area contributed by atoms with Crippen LogP contribution in [0.15, 0.2) is 18.2 Å². The van der Waals surface area contributed by atoms with Gasteiger partial charge in [-0.3, -0.25) is 9.69 Å². The number of fused-ring (bicyclic) bond motifs is 1. The van der Waals surface area contributed by atoms with Gasteiger partial charge >= 0.3 is 0 Å². The molecule has 0 saturated heterocycles. The lowest BCUT2D eigenvalue weighted by atomic mass is 10.1. The number of hydrogen-bond acceptors (Lipinski definition) is 3. The highest BCUT2D eigenvalue weighted by Crippen LogP contribution is 2.32. The van der Waals surface area contributed by atoms with Crippen molar-refractivity contribution in [2.75, 3.05) is 31.6 Å². The predicted octanol–water partition coefficient (Wildman–Crippen LogP) is 1.67. The Morgan fingerprint density at radius 1 is 1.53 bits per heavy atom. The minimum absolute atomic E-state index is 0.0275. The Morgan fingerprint density at radius 2 is 2.29 bits per heavy atom. The summed E-state index contributed by atoms with van der Waals surface area (Å²) in [5, 5.41) is 0. The minimum atomic E-state index is -0.0275. The van der Waals surface area contributed by atoms with Crippen LogP contribution in [0, 0.1) is 0 Å². The molecule has 1 aliphatic rings. The van der Waals surface area contributed by atoms with Gasteiger partial charge in [-0.1, -0.05) is 6.07 Å². The fourth-order valence-electron chi connectivity index (χ4n) is 1.77. The molecule has 0 spiro atoms. The van der Waals surface area contributed by atoms with E-state index < -0.39 is 0 Å². The summed E-state index contributed by atoms with van der Waals surface area (Å²) >= 11 is 5.73. The van der Waals surface area contributed by atoms with Crippen LogP contribution in [0.25, 0.3) is 0 Å². The third-order valence-electron chi connectivity index (χ3n) is 2.77. The number of rotatable bonds is 3. The van der Waals surface area contributed by atoms with Crippen LogP contribution in [0.4, 0.5) is 5.69 Å². The van der Waals surface area contributed by atoms with Crippen molar-refractivity contribution in [3.8, 4) is 5.75 Å². The Balaban J connectivity index is 2.26. The second-order valence-electron chi connectivity index (χ2n) is 4.18. The van der Waals surface area contributed by atoms with Gasteiger partial charge in [0, 0.05) is 13.6 Å². The van der Waals surface area contributed by atoms with Gasteiger partial charge in [-0.15, -0.1) is 11.6 Å². The lowest BCUT2D eigenvalue weighted by molar-refractivity contribution is -0.120. The van der Waals surface area contributed by atoms with Crippen molar-refractivity contribution < 1.29 is 9.53 Å². The van der Waals surface area contributed by atoms with Crippen molar-refractivity contribution in [2.24, 2.45) is 0 Å². The van der Waals surface area contributed by atoms with Gasteiger partial charge in [0.15, 0.2) is 6.61 Å². The molecule has 0 aromatic heterocycles. The number of ether oxygens (including phenoxy) is 1. The van der Waals surface area contributed by atoms with E-state index >= 15 is 0 Å². The van der Waals surface area contributed by atoms with Gasteiger partial charge in [-0.2, -0.15) is 0 Å². The lowest BCUT2D eigenvalue weighted by Crippen LogP contribution is -2.35. The largest absolute Gasteiger partial charge is 0.482 e. The van der Waals surface area contributed by atoms with Crippen LogP contribution in [0.1, 0.15) is 5.56 Å². The van der Waals surface area contributed by atoms with Gasteiger partial charge in [0.05, 0.1) is 11.7 Å². The fourth-order valence-corrected chi connectivity index (χ4v) is 1.85. The molecule has 0 aliphatic carbocycles. The van der Waals surface area contributed by atoms with E-state index in [-0.39, 0.29) is 12.5 Å². The van der Waals surface area contributed by atoms with E-state index in [0.717, 1.165) is 23.5 Å². The van der Waals surface area contributed by atoms with Crippen LogP contribution in [0.3, 0.4) is 0 Å². The van der Waals surface area contributed by atoms with Crippen LogP contribution in [0.5, 0.6) is 5.75 Å². The molecular weight excluding hydrogens is 240 g/mol. The molecule has 0 saturated carbocycles. The SMILES string of the molecule is CN(CCl)Cc1ccc2c(c1)N(C)C(=O)CO2. The molecule has 0 bridgehead atoms. The van der Waals surface area contributed by atoms with E-state index in [4.69, 9.17) is 16.3 Å². The Bertz CT molecular complexity index is 437. The van der Waals surface area contributed by atoms with Gasteiger partial charge < -0.3 is 9.64 Å². The van der Waals surface area contributed by atoms with Gasteiger partial charge in [-0.25, -0.2) is 0 Å². The second-order valence-corrected chi connectivity index (χ2v) is 4.42. The van der Waals surface area contributed by atoms with Crippen molar-refractivity contribution >= 4 is 23.2 Å². The van der Waals surface area contributed by atoms with E-state index in [2.05, 4.69) is 0 Å². The molecule has 2 rings (SSSR count). The first-order valence-corrected chi connectivity index (χ1v) is 5.92. The Hall–Kier alpha value is -1.26. The summed E-state index contributed by atoms with van der Waals surface area (Å²) in [6.07, 6.45) is 0. The quantitative estimate of drug-likeness (QED) is 0.608. The highest BCUT2D eigenvalue weighted by molar-refractivity contribution is 6.17. The van der Waals surface area contributed by atoms with Crippen LogP contribution < -0.4 is 9.64 Å². The summed E-state index contributed by atoms with van der Waals surface area (Å²) in [6, 6.07) is 6.33. The number of halogens is 1. The first-order chi connectivity index (χ1) is 8.11. The zero-order valence-electron chi connectivity index (χ0n) is 9.94. The first-order valence-electron chi connectivity index (χ1n) is 5.38. The molecule has 0 radical (unpaired) electrons. The second kappa shape index (κ2) is 4.94. The number of benzene rings is 1. The van der Waals surface area contributed by atoms with Crippen molar-refractivity contribution in [3.63, 3.8) is 0 Å². The maximum atomic E-state index is 11.5. The summed E-state index contributed by atoms with van der Waals surface area (Å²) in [5.74, 6) is 0.727. The Kier molecular flexibility index (Phi) is 3.54. The molecule has 17 heavy (non-hydrogen) atoms. The molecule has 1 amide bonds. The molecular formula is C12H15ClN2O2. The number of likely N-dealkylation sites (N-methyl/N-ethyl adjacent to an activating group) is 1. The van der Waals surface area contributed by atoms with Crippen LogP contribution in [0.2, 0.25) is 0 Å².